The van der Waals surface area contributed by atoms with Crippen LogP contribution in [-0.4, -0.2) is 78.3 Å². The summed E-state index contributed by atoms with van der Waals surface area (Å²) in [7, 11) is -3.08. The molecule has 2 N–H and O–H groups in total. The van der Waals surface area contributed by atoms with Crippen LogP contribution in [0.5, 0.6) is 11.5 Å². The standard InChI is InChI=1S/C51H70ClN6O10P/c1-5-6-7-8-9-10-11-12-13-14-15-16-17-18-19-22-29-61-33-40(62-32-38-25-26-39(31-53)44(30-38)60-4)34-63-69(59,68-43-24-21-20-23-41(43)52)64-35-45-47-48(67-50(2,3)66-47)51(36-54,65-45)46-28-27-42-49(55)56-37-57-58(42)46/h20-21,23-28,30,37,40,45,47-48H,5-19,22,29,32-35H2,1-4H3,(H2,55,56,57)/t40-,45-,47-,48-,51+,69?/m1/s1. The largest absolute Gasteiger partial charge is 0.530 e. The number of aromatic nitrogens is 3. The zero-order chi connectivity index (χ0) is 49.1. The van der Waals surface area contributed by atoms with E-state index in [1.165, 1.54) is 101 Å². The van der Waals surface area contributed by atoms with Crippen molar-refractivity contribution >= 4 is 30.8 Å². The molecule has 18 heteroatoms. The summed E-state index contributed by atoms with van der Waals surface area (Å²) >= 11 is 6.50. The number of anilines is 1. The first-order chi connectivity index (χ1) is 33.4. The summed E-state index contributed by atoms with van der Waals surface area (Å²) in [4.78, 5) is 4.07. The maximum Gasteiger partial charge on any atom is 0.530 e. The summed E-state index contributed by atoms with van der Waals surface area (Å²) in [6.07, 6.45) is 18.1. The Morgan fingerprint density at radius 1 is 0.855 bits per heavy atom. The zero-order valence-electron chi connectivity index (χ0n) is 40.7. The van der Waals surface area contributed by atoms with Crippen LogP contribution in [0.25, 0.3) is 5.52 Å². The molecule has 0 bridgehead atoms. The van der Waals surface area contributed by atoms with Gasteiger partial charge in [0.1, 0.15) is 59.9 Å². The number of hydrogen-bond donors (Lipinski definition) is 1. The summed E-state index contributed by atoms with van der Waals surface area (Å²) in [6, 6.07) is 19.5. The highest BCUT2D eigenvalue weighted by Gasteiger charge is 2.65. The van der Waals surface area contributed by atoms with Gasteiger partial charge >= 0.3 is 7.82 Å². The molecule has 0 aliphatic carbocycles. The smallest absolute Gasteiger partial charge is 0.495 e. The van der Waals surface area contributed by atoms with Gasteiger partial charge < -0.3 is 38.7 Å². The predicted molar refractivity (Wildman–Crippen MR) is 262 cm³/mol. The first-order valence-electron chi connectivity index (χ1n) is 24.6. The lowest BCUT2D eigenvalue weighted by Gasteiger charge is -2.29. The van der Waals surface area contributed by atoms with Crippen LogP contribution in [0.2, 0.25) is 5.02 Å². The van der Waals surface area contributed by atoms with Gasteiger partial charge in [-0.15, -0.1) is 0 Å². The van der Waals surface area contributed by atoms with Gasteiger partial charge in [-0.25, -0.2) is 14.1 Å². The van der Waals surface area contributed by atoms with Crippen molar-refractivity contribution in [1.29, 1.82) is 10.5 Å². The van der Waals surface area contributed by atoms with Gasteiger partial charge in [-0.1, -0.05) is 133 Å². The van der Waals surface area contributed by atoms with Crippen molar-refractivity contribution in [2.45, 2.75) is 166 Å². The number of fused-ring (bicyclic) bond motifs is 2. The predicted octanol–water partition coefficient (Wildman–Crippen LogP) is 11.6. The van der Waals surface area contributed by atoms with E-state index in [-0.39, 0.29) is 36.4 Å². The molecule has 376 valence electrons. The van der Waals surface area contributed by atoms with E-state index in [1.807, 2.05) is 0 Å². The maximum absolute atomic E-state index is 14.9. The van der Waals surface area contributed by atoms with Gasteiger partial charge in [-0.2, -0.15) is 15.6 Å². The average molecular weight is 994 g/mol. The highest BCUT2D eigenvalue weighted by atomic mass is 35.5. The number of benzene rings is 2. The highest BCUT2D eigenvalue weighted by molar-refractivity contribution is 7.49. The molecule has 69 heavy (non-hydrogen) atoms. The fourth-order valence-electron chi connectivity index (χ4n) is 8.78. The lowest BCUT2D eigenvalue weighted by molar-refractivity contribution is -0.204. The van der Waals surface area contributed by atoms with Crippen LogP contribution < -0.4 is 15.0 Å². The quantitative estimate of drug-likeness (QED) is 0.0357. The lowest BCUT2D eigenvalue weighted by atomic mass is 9.92. The number of phosphoric acid groups is 1. The number of unbranched alkanes of at least 4 members (excludes halogenated alkanes) is 15. The first-order valence-corrected chi connectivity index (χ1v) is 26.4. The monoisotopic (exact) mass is 992 g/mol. The molecule has 2 fully saturated rings. The highest BCUT2D eigenvalue weighted by Crippen LogP contribution is 2.54. The minimum Gasteiger partial charge on any atom is -0.495 e. The third-order valence-corrected chi connectivity index (χ3v) is 14.1. The molecule has 6 atom stereocenters. The van der Waals surface area contributed by atoms with Crippen molar-refractivity contribution in [2.75, 3.05) is 39.3 Å². The zero-order valence-corrected chi connectivity index (χ0v) is 42.3. The van der Waals surface area contributed by atoms with E-state index >= 15 is 0 Å². The van der Waals surface area contributed by atoms with E-state index in [0.717, 1.165) is 24.8 Å². The van der Waals surface area contributed by atoms with Crippen molar-refractivity contribution in [3.63, 3.8) is 0 Å². The van der Waals surface area contributed by atoms with Gasteiger partial charge in [0.25, 0.3) is 0 Å². The SMILES string of the molecule is CCCCCCCCCCCCCCCCCCOC[C@H](COP(=O)(OC[C@H]1O[C@@](C#N)(c2ccc3c(N)ncnn23)[C@@H]2OC(C)(C)O[C@@H]21)Oc1ccccc1Cl)OCc1ccc(C#N)c(OC)c1. The number of phosphoric ester groups is 1. The normalized spacial score (nSPS) is 20.8. The minimum atomic E-state index is -4.57. The molecule has 4 aromatic rings. The van der Waals surface area contributed by atoms with Crippen LogP contribution >= 0.6 is 19.4 Å². The Balaban J connectivity index is 1.07. The maximum atomic E-state index is 14.9. The number of ether oxygens (including phenoxy) is 6. The van der Waals surface area contributed by atoms with Crippen molar-refractivity contribution in [1.82, 2.24) is 14.6 Å². The average Bonchev–Trinajstić information content (AvgIpc) is 4.02. The Bertz CT molecular complexity index is 2360. The Labute approximate surface area is 412 Å². The molecule has 0 amide bonds. The third-order valence-electron chi connectivity index (χ3n) is 12.4. The minimum absolute atomic E-state index is 0.0551. The third kappa shape index (κ3) is 15.1. The van der Waals surface area contributed by atoms with Crippen molar-refractivity contribution in [3.05, 3.63) is 82.8 Å². The number of halogens is 1. The number of nitrogens with zero attached hydrogens (tertiary/aromatic N) is 5. The van der Waals surface area contributed by atoms with E-state index in [4.69, 9.17) is 59.3 Å². The summed E-state index contributed by atoms with van der Waals surface area (Å²) < 4.78 is 71.6. The second-order valence-corrected chi connectivity index (χ2v) is 20.2. The molecule has 1 unspecified atom stereocenters. The molecule has 0 spiro atoms. The second-order valence-electron chi connectivity index (χ2n) is 18.2. The fraction of sp³-hybridized carbons (Fsp3) is 0.608. The molecule has 16 nitrogen and oxygen atoms in total. The van der Waals surface area contributed by atoms with E-state index in [9.17, 15) is 15.1 Å². The number of nitrogens with two attached hydrogens (primary N) is 1. The fourth-order valence-corrected chi connectivity index (χ4v) is 10.3. The molecule has 2 aliphatic heterocycles. The van der Waals surface area contributed by atoms with Crippen LogP contribution in [0.1, 0.15) is 140 Å². The molecule has 2 aromatic heterocycles. The van der Waals surface area contributed by atoms with Crippen LogP contribution in [0.3, 0.4) is 0 Å². The van der Waals surface area contributed by atoms with Gasteiger partial charge in [0, 0.05) is 6.61 Å². The van der Waals surface area contributed by atoms with Crippen LogP contribution in [-0.2, 0) is 49.5 Å². The molecular formula is C51H70ClN6O10P. The number of hydrogen-bond acceptors (Lipinski definition) is 15. The molecule has 0 saturated carbocycles. The Kier molecular flexibility index (Phi) is 21.0. The van der Waals surface area contributed by atoms with E-state index in [0.29, 0.717) is 29.1 Å². The molecule has 2 aliphatic rings. The Morgan fingerprint density at radius 3 is 2.19 bits per heavy atom. The number of rotatable bonds is 32. The van der Waals surface area contributed by atoms with Gasteiger partial charge in [0.05, 0.1) is 49.8 Å². The van der Waals surface area contributed by atoms with Crippen molar-refractivity contribution < 1.29 is 46.6 Å². The van der Waals surface area contributed by atoms with Crippen molar-refractivity contribution in [2.24, 2.45) is 0 Å². The van der Waals surface area contributed by atoms with E-state index < -0.39 is 50.2 Å². The number of nitrogen functional groups attached to an aromatic ring is 1. The van der Waals surface area contributed by atoms with Gasteiger partial charge in [-0.05, 0) is 62.2 Å². The molecule has 2 saturated heterocycles. The van der Waals surface area contributed by atoms with Gasteiger partial charge in [0.15, 0.2) is 11.6 Å². The van der Waals surface area contributed by atoms with E-state index in [1.54, 1.807) is 68.4 Å². The van der Waals surface area contributed by atoms with Crippen molar-refractivity contribution in [3.8, 4) is 23.6 Å². The summed E-state index contributed by atoms with van der Waals surface area (Å²) in [5, 5.41) is 24.9. The Hall–Kier alpha value is -4.32. The number of para-hydroxylation sites is 1. The lowest BCUT2D eigenvalue weighted by Crippen LogP contribution is -2.40. The molecular weight excluding hydrogens is 923 g/mol. The second kappa shape index (κ2) is 26.8. The summed E-state index contributed by atoms with van der Waals surface area (Å²) in [6.45, 7) is 5.74. The van der Waals surface area contributed by atoms with Crippen LogP contribution in [0.15, 0.2) is 60.9 Å². The van der Waals surface area contributed by atoms with Crippen LogP contribution in [0, 0.1) is 22.7 Å². The Morgan fingerprint density at radius 2 is 1.54 bits per heavy atom. The van der Waals surface area contributed by atoms with E-state index in [2.05, 4.69) is 29.1 Å². The number of methoxy groups -OCH3 is 1. The summed E-state index contributed by atoms with van der Waals surface area (Å²) in [5.41, 5.74) is 6.31. The summed E-state index contributed by atoms with van der Waals surface area (Å²) in [5.74, 6) is -0.442. The van der Waals surface area contributed by atoms with Gasteiger partial charge in [0.2, 0.25) is 5.60 Å². The topological polar surface area (TPSA) is 204 Å². The van der Waals surface area contributed by atoms with Gasteiger partial charge in [-0.3, -0.25) is 9.05 Å². The molecule has 2 aromatic carbocycles. The first kappa shape index (κ1) is 54.0. The molecule has 4 heterocycles. The number of nitriles is 2. The molecule has 0 radical (unpaired) electrons. The van der Waals surface area contributed by atoms with Crippen LogP contribution in [0.4, 0.5) is 5.82 Å². The molecule has 6 rings (SSSR count).